The van der Waals surface area contributed by atoms with E-state index in [1.54, 1.807) is 16.4 Å². The zero-order chi connectivity index (χ0) is 24.3. The minimum atomic E-state index is -3.75. The third-order valence-corrected chi connectivity index (χ3v) is 9.73. The van der Waals surface area contributed by atoms with E-state index < -0.39 is 15.6 Å². The summed E-state index contributed by atoms with van der Waals surface area (Å²) in [6.45, 7) is 6.11. The quantitative estimate of drug-likeness (QED) is 0.586. The molecule has 0 unspecified atom stereocenters. The van der Waals surface area contributed by atoms with Crippen LogP contribution in [0.5, 0.6) is 0 Å². The molecule has 0 spiro atoms. The van der Waals surface area contributed by atoms with Gasteiger partial charge in [-0.25, -0.2) is 8.42 Å². The number of fused-ring (bicyclic) bond motifs is 5. The van der Waals surface area contributed by atoms with Crippen molar-refractivity contribution < 1.29 is 18.6 Å². The van der Waals surface area contributed by atoms with Gasteiger partial charge >= 0.3 is 0 Å². The molecule has 0 radical (unpaired) electrons. The average Bonchev–Trinajstić information content (AvgIpc) is 2.82. The van der Waals surface area contributed by atoms with Gasteiger partial charge in [0.25, 0.3) is 0 Å². The molecule has 178 valence electrons. The number of aryl methyl sites for hydroxylation is 3. The molecule has 0 saturated heterocycles. The molecule has 2 aliphatic rings. The van der Waals surface area contributed by atoms with Crippen LogP contribution in [-0.2, 0) is 36.2 Å². The monoisotopic (exact) mass is 477 g/mol. The molecular weight excluding hydrogens is 446 g/mol. The van der Waals surface area contributed by atoms with E-state index in [-0.39, 0.29) is 19.1 Å². The minimum absolute atomic E-state index is 0.130. The van der Waals surface area contributed by atoms with Gasteiger partial charge in [0.1, 0.15) is 0 Å². The lowest BCUT2D eigenvalue weighted by atomic mass is 9.64. The molecule has 0 bridgehead atoms. The Morgan fingerprint density at radius 1 is 0.882 bits per heavy atom. The van der Waals surface area contributed by atoms with Crippen molar-refractivity contribution in [3.8, 4) is 0 Å². The molecular formula is C28H31NO4S. The largest absolute Gasteiger partial charge is 0.392 e. The number of hydrogen-bond donors (Lipinski definition) is 2. The molecule has 0 amide bonds. The first-order valence-electron chi connectivity index (χ1n) is 11.7. The number of hydrogen-bond acceptors (Lipinski definition) is 4. The first-order valence-corrected chi connectivity index (χ1v) is 13.2. The van der Waals surface area contributed by atoms with Crippen LogP contribution in [0, 0.1) is 13.8 Å². The lowest BCUT2D eigenvalue weighted by molar-refractivity contribution is 0.138. The smallest absolute Gasteiger partial charge is 0.243 e. The van der Waals surface area contributed by atoms with Gasteiger partial charge in [-0.1, -0.05) is 53.6 Å². The van der Waals surface area contributed by atoms with E-state index in [0.29, 0.717) is 29.8 Å². The lowest BCUT2D eigenvalue weighted by Gasteiger charge is -2.53. The Bertz CT molecular complexity index is 1360. The van der Waals surface area contributed by atoms with E-state index in [4.69, 9.17) is 0 Å². The molecule has 0 saturated carbocycles. The number of benzene rings is 3. The number of aliphatic hydroxyl groups is 2. The van der Waals surface area contributed by atoms with Crippen molar-refractivity contribution in [2.24, 2.45) is 0 Å². The molecule has 0 fully saturated rings. The molecule has 2 N–H and O–H groups in total. The molecule has 3 aromatic carbocycles. The molecule has 2 atom stereocenters. The molecule has 1 aliphatic heterocycles. The Labute approximate surface area is 201 Å². The number of nitrogens with zero attached hydrogens (tertiary/aromatic N) is 1. The highest BCUT2D eigenvalue weighted by Crippen LogP contribution is 2.53. The first-order chi connectivity index (χ1) is 16.2. The maximum atomic E-state index is 14.0. The van der Waals surface area contributed by atoms with Crippen molar-refractivity contribution in [2.75, 3.05) is 0 Å². The van der Waals surface area contributed by atoms with Crippen LogP contribution in [0.15, 0.2) is 59.5 Å². The molecule has 1 aliphatic carbocycles. The van der Waals surface area contributed by atoms with Gasteiger partial charge in [-0.2, -0.15) is 4.31 Å². The van der Waals surface area contributed by atoms with Crippen LogP contribution in [0.25, 0.3) is 0 Å². The molecule has 5 nitrogen and oxygen atoms in total. The Morgan fingerprint density at radius 2 is 1.50 bits per heavy atom. The summed E-state index contributed by atoms with van der Waals surface area (Å²) in [4.78, 5) is 0.311. The number of rotatable bonds is 4. The maximum Gasteiger partial charge on any atom is 0.243 e. The Hall–Kier alpha value is -2.51. The summed E-state index contributed by atoms with van der Waals surface area (Å²) in [6.07, 6.45) is 1.38. The highest BCUT2D eigenvalue weighted by atomic mass is 32.2. The zero-order valence-corrected chi connectivity index (χ0v) is 20.7. The van der Waals surface area contributed by atoms with Gasteiger partial charge < -0.3 is 10.2 Å². The van der Waals surface area contributed by atoms with Gasteiger partial charge in [-0.05, 0) is 79.1 Å². The fraction of sp³-hybridized carbons (Fsp3) is 0.357. The maximum absolute atomic E-state index is 14.0. The Morgan fingerprint density at radius 3 is 2.18 bits per heavy atom. The Balaban J connectivity index is 1.75. The number of sulfonamides is 1. The molecule has 6 heteroatoms. The topological polar surface area (TPSA) is 77.8 Å². The molecule has 0 aromatic heterocycles. The van der Waals surface area contributed by atoms with E-state index in [9.17, 15) is 18.6 Å². The first kappa shape index (κ1) is 23.2. The normalized spacial score (nSPS) is 22.1. The van der Waals surface area contributed by atoms with Crippen molar-refractivity contribution in [1.29, 1.82) is 0 Å². The van der Waals surface area contributed by atoms with Gasteiger partial charge in [0.15, 0.2) is 0 Å². The molecule has 3 aromatic rings. The van der Waals surface area contributed by atoms with Crippen LogP contribution in [0.4, 0.5) is 0 Å². The highest BCUT2D eigenvalue weighted by molar-refractivity contribution is 7.89. The van der Waals surface area contributed by atoms with E-state index in [1.165, 1.54) is 0 Å². The third kappa shape index (κ3) is 3.52. The minimum Gasteiger partial charge on any atom is -0.392 e. The predicted octanol–water partition coefficient (Wildman–Crippen LogP) is 4.33. The highest BCUT2D eigenvalue weighted by Gasteiger charge is 2.52. The fourth-order valence-electron chi connectivity index (χ4n) is 5.84. The van der Waals surface area contributed by atoms with Crippen LogP contribution >= 0.6 is 0 Å². The van der Waals surface area contributed by atoms with E-state index >= 15 is 0 Å². The molecule has 34 heavy (non-hydrogen) atoms. The van der Waals surface area contributed by atoms with Crippen LogP contribution in [0.2, 0.25) is 0 Å². The van der Waals surface area contributed by atoms with Crippen molar-refractivity contribution >= 4 is 10.0 Å². The summed E-state index contributed by atoms with van der Waals surface area (Å²) in [5.41, 5.74) is 7.24. The summed E-state index contributed by atoms with van der Waals surface area (Å²) in [6, 6.07) is 17.3. The van der Waals surface area contributed by atoms with Gasteiger partial charge in [0.05, 0.1) is 18.1 Å². The summed E-state index contributed by atoms with van der Waals surface area (Å²) in [7, 11) is -3.75. The van der Waals surface area contributed by atoms with Gasteiger partial charge in [-0.3, -0.25) is 0 Å². The summed E-state index contributed by atoms with van der Waals surface area (Å²) in [5, 5.41) is 19.8. The van der Waals surface area contributed by atoms with E-state index in [1.807, 2.05) is 43.3 Å². The SMILES string of the molecule is Cc1ccc(S(=O)(=O)N2Cc3ccc(C)cc3[C@@H]3c4cc(CO)c(CO)cc4CC[C@]32C)cc1. The van der Waals surface area contributed by atoms with Gasteiger partial charge in [0.2, 0.25) is 10.0 Å². The van der Waals surface area contributed by atoms with Crippen molar-refractivity contribution in [3.63, 3.8) is 0 Å². The Kier molecular flexibility index (Phi) is 5.68. The van der Waals surface area contributed by atoms with Crippen LogP contribution in [-0.4, -0.2) is 28.5 Å². The summed E-state index contributed by atoms with van der Waals surface area (Å²) >= 11 is 0. The van der Waals surface area contributed by atoms with Crippen molar-refractivity contribution in [2.45, 2.75) is 69.7 Å². The third-order valence-electron chi connectivity index (χ3n) is 7.74. The van der Waals surface area contributed by atoms with Crippen LogP contribution in [0.3, 0.4) is 0 Å². The fourth-order valence-corrected chi connectivity index (χ4v) is 7.63. The van der Waals surface area contributed by atoms with Crippen LogP contribution in [0.1, 0.15) is 63.8 Å². The average molecular weight is 478 g/mol. The zero-order valence-electron chi connectivity index (χ0n) is 19.9. The second-order valence-electron chi connectivity index (χ2n) is 9.95. The second kappa shape index (κ2) is 8.31. The van der Waals surface area contributed by atoms with Crippen molar-refractivity contribution in [3.05, 3.63) is 99.1 Å². The molecule has 5 rings (SSSR count). The summed E-state index contributed by atoms with van der Waals surface area (Å²) < 4.78 is 29.8. The van der Waals surface area contributed by atoms with E-state index in [0.717, 1.165) is 38.9 Å². The van der Waals surface area contributed by atoms with Gasteiger partial charge in [-0.15, -0.1) is 0 Å². The number of aliphatic hydroxyl groups excluding tert-OH is 2. The van der Waals surface area contributed by atoms with Crippen LogP contribution < -0.4 is 0 Å². The van der Waals surface area contributed by atoms with E-state index in [2.05, 4.69) is 19.9 Å². The van der Waals surface area contributed by atoms with Gasteiger partial charge in [0, 0.05) is 18.0 Å². The standard InChI is InChI=1S/C28H31NO4S/c1-18-5-8-24(9-6-18)34(32,33)29-15-21-7-4-19(2)12-25(21)27-26-14-23(17-31)22(16-30)13-20(26)10-11-28(27,29)3/h4-9,12-14,27,30-31H,10-11,15-17H2,1-3H3/t27-,28-/m1/s1. The lowest BCUT2D eigenvalue weighted by Crippen LogP contribution is -2.57. The summed E-state index contributed by atoms with van der Waals surface area (Å²) in [5.74, 6) is -0.168. The predicted molar refractivity (Wildman–Crippen MR) is 132 cm³/mol. The van der Waals surface area contributed by atoms with Crippen molar-refractivity contribution in [1.82, 2.24) is 4.31 Å². The molecule has 1 heterocycles. The second-order valence-corrected chi connectivity index (χ2v) is 11.8.